The van der Waals surface area contributed by atoms with E-state index in [4.69, 9.17) is 4.98 Å². The van der Waals surface area contributed by atoms with E-state index in [1.165, 1.54) is 26.8 Å². The Morgan fingerprint density at radius 1 is 0.921 bits per heavy atom. The maximum Gasteiger partial charge on any atom is 0.348 e. The van der Waals surface area contributed by atoms with Crippen molar-refractivity contribution in [2.24, 2.45) is 0 Å². The molecular formula is C42H49N13O7S. The summed E-state index contributed by atoms with van der Waals surface area (Å²) in [6, 6.07) is 8.53. The number of hydrogen-bond donors (Lipinski definition) is 5. The smallest absolute Gasteiger partial charge is 0.348 e. The lowest BCUT2D eigenvalue weighted by atomic mass is 10.0. The van der Waals surface area contributed by atoms with Gasteiger partial charge in [0.1, 0.15) is 17.2 Å². The summed E-state index contributed by atoms with van der Waals surface area (Å²) in [6.45, 7) is 10.0. The second-order valence-corrected chi connectivity index (χ2v) is 16.6. The molecule has 0 radical (unpaired) electrons. The Kier molecular flexibility index (Phi) is 13.6. The first-order valence-corrected chi connectivity index (χ1v) is 21.6. The zero-order valence-electron chi connectivity index (χ0n) is 35.4. The van der Waals surface area contributed by atoms with Crippen LogP contribution in [0.4, 0.5) is 39.0 Å². The third-order valence-corrected chi connectivity index (χ3v) is 12.1. The van der Waals surface area contributed by atoms with Crippen molar-refractivity contribution in [3.63, 3.8) is 0 Å². The number of aryl methyl sites for hydroxylation is 2. The third-order valence-electron chi connectivity index (χ3n) is 11.1. The number of thiazole rings is 1. The minimum atomic E-state index is -0.553. The minimum Gasteiger partial charge on any atom is -0.383 e. The van der Waals surface area contributed by atoms with Crippen molar-refractivity contribution < 1.29 is 24.1 Å². The van der Waals surface area contributed by atoms with Crippen LogP contribution in [0.3, 0.4) is 0 Å². The van der Waals surface area contributed by atoms with Crippen molar-refractivity contribution in [2.75, 3.05) is 72.0 Å². The number of nitrogens with one attached hydrogen (secondary N) is 5. The molecule has 1 saturated heterocycles. The number of benzene rings is 1. The summed E-state index contributed by atoms with van der Waals surface area (Å²) in [6.07, 6.45) is 7.79. The van der Waals surface area contributed by atoms with Gasteiger partial charge < -0.3 is 26.2 Å². The normalized spacial score (nSPS) is 14.4. The maximum atomic E-state index is 13.6. The van der Waals surface area contributed by atoms with Crippen LogP contribution in [0, 0.1) is 24.0 Å². The van der Waals surface area contributed by atoms with Crippen molar-refractivity contribution >= 4 is 84.8 Å². The van der Waals surface area contributed by atoms with E-state index in [1.807, 2.05) is 12.1 Å². The zero-order chi connectivity index (χ0) is 44.8. The Morgan fingerprint density at radius 2 is 1.68 bits per heavy atom. The first kappa shape index (κ1) is 44.2. The molecule has 1 saturated carbocycles. The highest BCUT2D eigenvalue weighted by Gasteiger charge is 2.27. The number of ketones is 1. The van der Waals surface area contributed by atoms with Gasteiger partial charge in [0.25, 0.3) is 11.5 Å². The summed E-state index contributed by atoms with van der Waals surface area (Å²) < 4.78 is 1.69. The SMILES string of the molecule is CC(=O)Nc1cc(C(=O)Nc2nc(C)c([N+](=O)[O-])s2)ccc1NCCCNC(=O)CN1CCN(c2ccc(Nc3ncc4c(C)c(C(C)=O)c(=O)n(C5CCCC5)c4n3)nc2)CC1. The topological polar surface area (TPSA) is 252 Å². The highest BCUT2D eigenvalue weighted by atomic mass is 32.1. The highest BCUT2D eigenvalue weighted by molar-refractivity contribution is 7.19. The minimum absolute atomic E-state index is 0.0170. The molecule has 2 fully saturated rings. The Labute approximate surface area is 366 Å². The van der Waals surface area contributed by atoms with Crippen LogP contribution in [0.1, 0.15) is 84.0 Å². The van der Waals surface area contributed by atoms with Crippen LogP contribution in [-0.2, 0) is 9.59 Å². The first-order chi connectivity index (χ1) is 30.2. The number of rotatable bonds is 16. The summed E-state index contributed by atoms with van der Waals surface area (Å²) in [4.78, 5) is 96.5. The van der Waals surface area contributed by atoms with Gasteiger partial charge in [-0.1, -0.05) is 12.8 Å². The van der Waals surface area contributed by atoms with Crippen LogP contribution in [0.5, 0.6) is 0 Å². The molecule has 1 aliphatic heterocycles. The second-order valence-electron chi connectivity index (χ2n) is 15.6. The fraction of sp³-hybridized carbons (Fsp3) is 0.405. The average molecular weight is 880 g/mol. The number of pyridine rings is 2. The van der Waals surface area contributed by atoms with Gasteiger partial charge in [-0.2, -0.15) is 4.98 Å². The number of fused-ring (bicyclic) bond motifs is 1. The second kappa shape index (κ2) is 19.5. The molecule has 5 heterocycles. The number of nitro groups is 1. The lowest BCUT2D eigenvalue weighted by Gasteiger charge is -2.35. The Hall–Kier alpha value is -6.87. The van der Waals surface area contributed by atoms with E-state index in [0.717, 1.165) is 42.7 Å². The molecule has 2 aliphatic rings. The monoisotopic (exact) mass is 879 g/mol. The highest BCUT2D eigenvalue weighted by Crippen LogP contribution is 2.33. The summed E-state index contributed by atoms with van der Waals surface area (Å²) in [5.74, 6) is -0.366. The van der Waals surface area contributed by atoms with E-state index >= 15 is 0 Å². The predicted octanol–water partition coefficient (Wildman–Crippen LogP) is 5.18. The van der Waals surface area contributed by atoms with E-state index in [9.17, 15) is 34.1 Å². The number of amides is 3. The number of anilines is 6. The number of carbonyl (C=O) groups excluding carboxylic acids is 4. The summed E-state index contributed by atoms with van der Waals surface area (Å²) in [5, 5.41) is 26.5. The molecule has 0 unspecified atom stereocenters. The van der Waals surface area contributed by atoms with Crippen LogP contribution in [-0.4, -0.2) is 104 Å². The molecule has 0 spiro atoms. The van der Waals surface area contributed by atoms with Gasteiger partial charge in [-0.3, -0.25) is 48.9 Å². The van der Waals surface area contributed by atoms with E-state index in [1.54, 1.807) is 36.0 Å². The van der Waals surface area contributed by atoms with Crippen LogP contribution in [0.2, 0.25) is 0 Å². The summed E-state index contributed by atoms with van der Waals surface area (Å²) >= 11 is 0.762. The number of Topliss-reactive ketones (excluding diaryl/α,β-unsaturated/α-hetero) is 1. The third kappa shape index (κ3) is 10.4. The van der Waals surface area contributed by atoms with Crippen molar-refractivity contribution in [1.29, 1.82) is 0 Å². The van der Waals surface area contributed by atoms with Crippen LogP contribution in [0.15, 0.2) is 47.5 Å². The molecule has 4 aromatic heterocycles. The van der Waals surface area contributed by atoms with Crippen molar-refractivity contribution in [3.05, 3.63) is 85.6 Å². The van der Waals surface area contributed by atoms with E-state index in [0.29, 0.717) is 85.4 Å². The van der Waals surface area contributed by atoms with Crippen molar-refractivity contribution in [1.82, 2.24) is 34.7 Å². The van der Waals surface area contributed by atoms with Crippen LogP contribution >= 0.6 is 11.3 Å². The summed E-state index contributed by atoms with van der Waals surface area (Å²) in [5.41, 5.74) is 3.33. The number of nitrogens with zero attached hydrogens (tertiary/aromatic N) is 8. The van der Waals surface area contributed by atoms with Crippen molar-refractivity contribution in [2.45, 2.75) is 65.8 Å². The molecule has 21 heteroatoms. The molecule has 0 atom stereocenters. The largest absolute Gasteiger partial charge is 0.383 e. The molecule has 20 nitrogen and oxygen atoms in total. The van der Waals surface area contributed by atoms with Crippen LogP contribution in [0.25, 0.3) is 11.0 Å². The van der Waals surface area contributed by atoms with Gasteiger partial charge in [-0.25, -0.2) is 15.0 Å². The van der Waals surface area contributed by atoms with Gasteiger partial charge in [0.15, 0.2) is 10.9 Å². The molecule has 1 aromatic carbocycles. The van der Waals surface area contributed by atoms with Gasteiger partial charge in [-0.05, 0) is 87.3 Å². The summed E-state index contributed by atoms with van der Waals surface area (Å²) in [7, 11) is 0. The van der Waals surface area contributed by atoms with Gasteiger partial charge in [0.2, 0.25) is 17.8 Å². The van der Waals surface area contributed by atoms with Gasteiger partial charge in [0, 0.05) is 69.4 Å². The standard InChI is InChI=1S/C42H49N13O7S/c1-24-31-22-46-41(50-37(31)54(29-8-5-6-9-29)39(60)36(24)26(3)56)49-34-13-11-30(21-45-34)53-18-16-52(17-19-53)23-35(58)44-15-7-14-43-32-12-10-28(20-33(32)48-27(4)57)38(59)51-42-47-25(2)40(63-42)55(61)62/h10-13,20-22,29,43H,5-9,14-19,23H2,1-4H3,(H,44,58)(H,48,57)(H,47,51,59)(H,45,46,49,50). The Morgan fingerprint density at radius 3 is 2.35 bits per heavy atom. The number of hydrogen-bond acceptors (Lipinski definition) is 16. The fourth-order valence-corrected chi connectivity index (χ4v) is 8.72. The first-order valence-electron chi connectivity index (χ1n) is 20.7. The van der Waals surface area contributed by atoms with Crippen LogP contribution < -0.4 is 37.0 Å². The quantitative estimate of drug-likeness (QED) is 0.0371. The number of aromatic nitrogens is 5. The van der Waals surface area contributed by atoms with Gasteiger partial charge in [-0.15, -0.1) is 0 Å². The molecule has 5 N–H and O–H groups in total. The Balaban J connectivity index is 0.855. The van der Waals surface area contributed by atoms with Gasteiger partial charge >= 0.3 is 5.00 Å². The predicted molar refractivity (Wildman–Crippen MR) is 241 cm³/mol. The zero-order valence-corrected chi connectivity index (χ0v) is 36.3. The molecule has 330 valence electrons. The number of carbonyl (C=O) groups is 4. The number of piperazine rings is 1. The average Bonchev–Trinajstić information content (AvgIpc) is 3.91. The van der Waals surface area contributed by atoms with E-state index < -0.39 is 10.8 Å². The molecule has 1 aliphatic carbocycles. The Bertz CT molecular complexity index is 2620. The van der Waals surface area contributed by atoms with Gasteiger partial charge in [0.05, 0.1) is 40.3 Å². The molecule has 5 aromatic rings. The van der Waals surface area contributed by atoms with Crippen molar-refractivity contribution in [3.8, 4) is 0 Å². The molecular weight excluding hydrogens is 831 g/mol. The molecule has 0 bridgehead atoms. The lowest BCUT2D eigenvalue weighted by Crippen LogP contribution is -2.49. The maximum absolute atomic E-state index is 13.6. The fourth-order valence-electron chi connectivity index (χ4n) is 7.95. The van der Waals surface area contributed by atoms with E-state index in [-0.39, 0.29) is 62.7 Å². The molecule has 7 rings (SSSR count). The lowest BCUT2D eigenvalue weighted by molar-refractivity contribution is -0.380. The molecule has 3 amide bonds. The molecule has 63 heavy (non-hydrogen) atoms. The van der Waals surface area contributed by atoms with E-state index in [2.05, 4.69) is 51.3 Å².